The number of likely N-dealkylation sites (tertiary alicyclic amines) is 1. The van der Waals surface area contributed by atoms with E-state index in [9.17, 15) is 9.18 Å². The van der Waals surface area contributed by atoms with E-state index >= 15 is 0 Å². The number of aryl methyl sites for hydroxylation is 1. The minimum Gasteiger partial charge on any atom is -0.485 e. The van der Waals surface area contributed by atoms with Gasteiger partial charge in [0.2, 0.25) is 0 Å². The molecule has 0 amide bonds. The van der Waals surface area contributed by atoms with Crippen molar-refractivity contribution in [3.63, 3.8) is 0 Å². The van der Waals surface area contributed by atoms with Crippen molar-refractivity contribution in [1.29, 1.82) is 0 Å². The predicted molar refractivity (Wildman–Crippen MR) is 143 cm³/mol. The fourth-order valence-corrected chi connectivity index (χ4v) is 5.34. The molecule has 3 aromatic heterocycles. The predicted octanol–water partition coefficient (Wildman–Crippen LogP) is 5.28. The summed E-state index contributed by atoms with van der Waals surface area (Å²) in [5.41, 5.74) is 4.42. The number of fused-ring (bicyclic) bond motifs is 2. The monoisotopic (exact) mass is 512 g/mol. The molecule has 0 saturated carbocycles. The maximum Gasteiger partial charge on any atom is 0.261 e. The Bertz CT molecular complexity index is 1640. The van der Waals surface area contributed by atoms with Crippen LogP contribution < -0.4 is 10.3 Å². The second kappa shape index (κ2) is 10.4. The van der Waals surface area contributed by atoms with Crippen LogP contribution in [0.15, 0.2) is 76.2 Å². The standard InChI is InChI=1S/C30H29FN4O3/c1-20-24(30(36)35-14-5-8-26(29(35)32-20)37-19-21-6-3-2-4-7-21)13-17-34-15-11-22(12-16-34)28-25-10-9-23(31)18-27(25)38-33-28/h2-10,14,18,22H,11-13,15-17,19H2,1H3. The number of ether oxygens (including phenoxy) is 1. The average molecular weight is 513 g/mol. The maximum absolute atomic E-state index is 13.5. The molecule has 1 fully saturated rings. The van der Waals surface area contributed by atoms with Crippen LogP contribution in [0.3, 0.4) is 0 Å². The molecule has 0 spiro atoms. The van der Waals surface area contributed by atoms with Crippen molar-refractivity contribution >= 4 is 16.6 Å². The van der Waals surface area contributed by atoms with E-state index in [0.717, 1.165) is 60.4 Å². The molecule has 0 unspecified atom stereocenters. The van der Waals surface area contributed by atoms with Crippen LogP contribution in [0.4, 0.5) is 4.39 Å². The molecule has 0 bridgehead atoms. The number of rotatable bonds is 7. The van der Waals surface area contributed by atoms with Gasteiger partial charge in [-0.2, -0.15) is 0 Å². The number of hydrogen-bond donors (Lipinski definition) is 0. The number of nitrogens with zero attached hydrogens (tertiary/aromatic N) is 4. The number of benzene rings is 2. The average Bonchev–Trinajstić information content (AvgIpc) is 3.36. The van der Waals surface area contributed by atoms with Crippen LogP contribution >= 0.6 is 0 Å². The summed E-state index contributed by atoms with van der Waals surface area (Å²) >= 11 is 0. The molecule has 0 aliphatic carbocycles. The van der Waals surface area contributed by atoms with Crippen LogP contribution in [0.25, 0.3) is 16.6 Å². The Kier molecular flexibility index (Phi) is 6.64. The summed E-state index contributed by atoms with van der Waals surface area (Å²) in [6.45, 7) is 4.90. The molecule has 1 saturated heterocycles. The molecular formula is C30H29FN4O3. The van der Waals surface area contributed by atoms with E-state index in [1.165, 1.54) is 12.1 Å². The van der Waals surface area contributed by atoms with Gasteiger partial charge in [-0.3, -0.25) is 9.20 Å². The zero-order valence-electron chi connectivity index (χ0n) is 21.3. The second-order valence-corrected chi connectivity index (χ2v) is 9.90. The number of halogens is 1. The van der Waals surface area contributed by atoms with Gasteiger partial charge in [-0.25, -0.2) is 9.37 Å². The normalized spacial score (nSPS) is 14.9. The molecule has 4 heterocycles. The molecule has 0 N–H and O–H groups in total. The highest BCUT2D eigenvalue weighted by Crippen LogP contribution is 2.32. The van der Waals surface area contributed by atoms with Gasteiger partial charge >= 0.3 is 0 Å². The van der Waals surface area contributed by atoms with Crippen molar-refractivity contribution in [3.05, 3.63) is 106 Å². The van der Waals surface area contributed by atoms with Crippen molar-refractivity contribution in [2.24, 2.45) is 0 Å². The molecule has 6 rings (SSSR count). The summed E-state index contributed by atoms with van der Waals surface area (Å²) < 4.78 is 26.5. The molecule has 7 nitrogen and oxygen atoms in total. The van der Waals surface area contributed by atoms with Crippen LogP contribution in [-0.2, 0) is 13.0 Å². The van der Waals surface area contributed by atoms with Gasteiger partial charge < -0.3 is 14.2 Å². The van der Waals surface area contributed by atoms with Gasteiger partial charge in [0, 0.05) is 41.4 Å². The van der Waals surface area contributed by atoms with E-state index in [2.05, 4.69) is 10.1 Å². The maximum atomic E-state index is 13.5. The molecule has 0 atom stereocenters. The third kappa shape index (κ3) is 4.79. The van der Waals surface area contributed by atoms with Crippen LogP contribution in [0.2, 0.25) is 0 Å². The molecule has 1 aliphatic heterocycles. The van der Waals surface area contributed by atoms with Gasteiger partial charge in [-0.05, 0) is 69.1 Å². The highest BCUT2D eigenvalue weighted by atomic mass is 19.1. The molecular weight excluding hydrogens is 483 g/mol. The van der Waals surface area contributed by atoms with Crippen molar-refractivity contribution in [3.8, 4) is 5.75 Å². The smallest absolute Gasteiger partial charge is 0.261 e. The van der Waals surface area contributed by atoms with Crippen molar-refractivity contribution in [2.45, 2.75) is 38.7 Å². The topological polar surface area (TPSA) is 72.9 Å². The van der Waals surface area contributed by atoms with Gasteiger partial charge in [0.05, 0.1) is 5.69 Å². The zero-order chi connectivity index (χ0) is 26.1. The van der Waals surface area contributed by atoms with E-state index < -0.39 is 0 Å². The Morgan fingerprint density at radius 1 is 1.08 bits per heavy atom. The van der Waals surface area contributed by atoms with Crippen LogP contribution in [0, 0.1) is 12.7 Å². The Morgan fingerprint density at radius 2 is 1.89 bits per heavy atom. The summed E-state index contributed by atoms with van der Waals surface area (Å²) in [4.78, 5) is 20.6. The van der Waals surface area contributed by atoms with Crippen LogP contribution in [0.5, 0.6) is 5.75 Å². The first-order valence-corrected chi connectivity index (χ1v) is 13.0. The third-order valence-corrected chi connectivity index (χ3v) is 7.47. The quantitative estimate of drug-likeness (QED) is 0.295. The molecule has 194 valence electrons. The first-order chi connectivity index (χ1) is 18.6. The molecule has 1 aliphatic rings. The van der Waals surface area contributed by atoms with Crippen LogP contribution in [-0.4, -0.2) is 39.1 Å². The highest BCUT2D eigenvalue weighted by Gasteiger charge is 2.25. The number of hydrogen-bond acceptors (Lipinski definition) is 6. The fraction of sp³-hybridized carbons (Fsp3) is 0.300. The minimum absolute atomic E-state index is 0.0474. The van der Waals surface area contributed by atoms with Crippen molar-refractivity contribution < 1.29 is 13.7 Å². The molecule has 2 aromatic carbocycles. The zero-order valence-corrected chi connectivity index (χ0v) is 21.3. The summed E-state index contributed by atoms with van der Waals surface area (Å²) in [6.07, 6.45) is 4.26. The van der Waals surface area contributed by atoms with E-state index in [4.69, 9.17) is 14.2 Å². The fourth-order valence-electron chi connectivity index (χ4n) is 5.34. The Labute approximate surface area is 219 Å². The Morgan fingerprint density at radius 3 is 2.71 bits per heavy atom. The Balaban J connectivity index is 1.12. The van der Waals surface area contributed by atoms with Gasteiger partial charge in [-0.1, -0.05) is 35.5 Å². The van der Waals surface area contributed by atoms with Gasteiger partial charge in [0.15, 0.2) is 17.0 Å². The van der Waals surface area contributed by atoms with E-state index in [0.29, 0.717) is 30.0 Å². The number of aromatic nitrogens is 3. The third-order valence-electron chi connectivity index (χ3n) is 7.47. The first-order valence-electron chi connectivity index (χ1n) is 13.0. The second-order valence-electron chi connectivity index (χ2n) is 9.90. The van der Waals surface area contributed by atoms with Crippen molar-refractivity contribution in [1.82, 2.24) is 19.4 Å². The first kappa shape index (κ1) is 24.3. The number of pyridine rings is 1. The SMILES string of the molecule is Cc1nc2c(OCc3ccccc3)cccn2c(=O)c1CCN1CCC(c2noc3cc(F)ccc23)CC1. The molecule has 5 aromatic rings. The van der Waals surface area contributed by atoms with E-state index in [-0.39, 0.29) is 17.3 Å². The van der Waals surface area contributed by atoms with Gasteiger partial charge in [0.25, 0.3) is 5.56 Å². The largest absolute Gasteiger partial charge is 0.485 e. The minimum atomic E-state index is -0.319. The van der Waals surface area contributed by atoms with Crippen molar-refractivity contribution in [2.75, 3.05) is 19.6 Å². The molecule has 38 heavy (non-hydrogen) atoms. The van der Waals surface area contributed by atoms with Gasteiger partial charge in [-0.15, -0.1) is 0 Å². The Hall–Kier alpha value is -4.04. The summed E-state index contributed by atoms with van der Waals surface area (Å²) in [5.74, 6) is 0.551. The summed E-state index contributed by atoms with van der Waals surface area (Å²) in [5, 5.41) is 5.14. The lowest BCUT2D eigenvalue weighted by Crippen LogP contribution is -2.35. The van der Waals surface area contributed by atoms with Gasteiger partial charge in [0.1, 0.15) is 12.4 Å². The lowest BCUT2D eigenvalue weighted by atomic mass is 9.91. The molecule has 0 radical (unpaired) electrons. The molecule has 8 heteroatoms. The van der Waals surface area contributed by atoms with E-state index in [1.807, 2.05) is 49.4 Å². The summed E-state index contributed by atoms with van der Waals surface area (Å²) in [6, 6.07) is 18.2. The number of piperidine rings is 1. The van der Waals surface area contributed by atoms with Crippen LogP contribution in [0.1, 0.15) is 41.3 Å². The lowest BCUT2D eigenvalue weighted by Gasteiger charge is -2.31. The lowest BCUT2D eigenvalue weighted by molar-refractivity contribution is 0.211. The highest BCUT2D eigenvalue weighted by molar-refractivity contribution is 5.79. The summed E-state index contributed by atoms with van der Waals surface area (Å²) in [7, 11) is 0. The van der Waals surface area contributed by atoms with E-state index in [1.54, 1.807) is 16.7 Å².